The molecule has 2 atom stereocenters. The molecule has 244 valence electrons. The number of amides is 2. The Hall–Kier alpha value is -3.86. The summed E-state index contributed by atoms with van der Waals surface area (Å²) >= 11 is 0. The molecule has 1 aliphatic rings. The number of ether oxygens (including phenoxy) is 2. The highest BCUT2D eigenvalue weighted by atomic mass is 32.2. The quantitative estimate of drug-likeness (QED) is 0.234. The van der Waals surface area contributed by atoms with Crippen LogP contribution < -0.4 is 0 Å². The Morgan fingerprint density at radius 2 is 1.50 bits per heavy atom. The Kier molecular flexibility index (Phi) is 15.1. The van der Waals surface area contributed by atoms with Gasteiger partial charge in [0.25, 0.3) is 0 Å². The molecule has 2 rings (SSSR count). The molecule has 2 unspecified atom stereocenters. The summed E-state index contributed by atoms with van der Waals surface area (Å²) in [6.07, 6.45) is 5.99. The number of hydrogen-bond donors (Lipinski definition) is 0. The zero-order valence-electron chi connectivity index (χ0n) is 25.5. The lowest BCUT2D eigenvalue weighted by atomic mass is 10.1. The van der Waals surface area contributed by atoms with Gasteiger partial charge in [-0.2, -0.15) is 25.4 Å². The number of hydrogen-bond acceptors (Lipinski definition) is 10. The van der Waals surface area contributed by atoms with Crippen LogP contribution in [0.25, 0.3) is 0 Å². The van der Waals surface area contributed by atoms with Crippen molar-refractivity contribution in [1.29, 1.82) is 0 Å². The number of nitrogens with zero attached hydrogens (tertiary/aromatic N) is 4. The molecule has 2 amide bonds. The topological polar surface area (TPSA) is 168 Å². The fraction of sp³-hybridized carbons (Fsp3) is 0.429. The SMILES string of the molecule is C=CCN(C(C)=O)S(=O)(=O)N(CC=C)C(C)C(=O)OC.COC(=O)C(Cc1ccccc1)N1CC=CCN(C(C)=O)S1(=O)=O. The van der Waals surface area contributed by atoms with Crippen LogP contribution in [0.1, 0.15) is 26.3 Å². The summed E-state index contributed by atoms with van der Waals surface area (Å²) in [5.41, 5.74) is 0.797. The summed E-state index contributed by atoms with van der Waals surface area (Å²) in [5, 5.41) is 0. The molecular weight excluding hydrogens is 616 g/mol. The molecule has 0 saturated heterocycles. The molecule has 44 heavy (non-hydrogen) atoms. The van der Waals surface area contributed by atoms with Crippen LogP contribution in [0.2, 0.25) is 0 Å². The van der Waals surface area contributed by atoms with E-state index in [0.29, 0.717) is 4.31 Å². The number of rotatable bonds is 12. The van der Waals surface area contributed by atoms with Gasteiger partial charge in [0.05, 0.1) is 27.3 Å². The second-order valence-electron chi connectivity index (χ2n) is 9.23. The lowest BCUT2D eigenvalue weighted by Gasteiger charge is -2.31. The van der Waals surface area contributed by atoms with Crippen molar-refractivity contribution in [1.82, 2.24) is 17.2 Å². The van der Waals surface area contributed by atoms with E-state index in [9.17, 15) is 36.0 Å². The van der Waals surface area contributed by atoms with Crippen molar-refractivity contribution in [3.63, 3.8) is 0 Å². The fourth-order valence-electron chi connectivity index (χ4n) is 4.02. The fourth-order valence-corrected chi connectivity index (χ4v) is 7.28. The first kappa shape index (κ1) is 38.2. The summed E-state index contributed by atoms with van der Waals surface area (Å²) in [5.74, 6) is -2.66. The van der Waals surface area contributed by atoms with E-state index in [1.807, 2.05) is 18.2 Å². The van der Waals surface area contributed by atoms with Crippen LogP contribution in [0.5, 0.6) is 0 Å². The second kappa shape index (κ2) is 17.4. The molecule has 0 aliphatic carbocycles. The van der Waals surface area contributed by atoms with Crippen LogP contribution in [0, 0.1) is 0 Å². The van der Waals surface area contributed by atoms with Gasteiger partial charge in [-0.05, 0) is 18.9 Å². The molecule has 1 aromatic carbocycles. The molecule has 16 heteroatoms. The number of esters is 2. The average Bonchev–Trinajstić information content (AvgIpc) is 3.14. The normalized spacial score (nSPS) is 15.9. The van der Waals surface area contributed by atoms with Crippen molar-refractivity contribution in [2.24, 2.45) is 0 Å². The summed E-state index contributed by atoms with van der Waals surface area (Å²) in [6, 6.07) is 6.93. The van der Waals surface area contributed by atoms with Crippen LogP contribution in [0.3, 0.4) is 0 Å². The predicted molar refractivity (Wildman–Crippen MR) is 163 cm³/mol. The summed E-state index contributed by atoms with van der Waals surface area (Å²) in [6.45, 7) is 10.2. The van der Waals surface area contributed by atoms with E-state index in [1.165, 1.54) is 33.1 Å². The van der Waals surface area contributed by atoms with Gasteiger partial charge in [0, 0.05) is 26.9 Å². The Labute approximate surface area is 259 Å². The largest absolute Gasteiger partial charge is 0.468 e. The third-order valence-corrected chi connectivity index (χ3v) is 10.2. The highest BCUT2D eigenvalue weighted by Gasteiger charge is 2.40. The first-order valence-electron chi connectivity index (χ1n) is 13.3. The maximum absolute atomic E-state index is 12.8. The minimum atomic E-state index is -4.17. The Bertz CT molecular complexity index is 1430. The molecule has 0 fully saturated rings. The van der Waals surface area contributed by atoms with Gasteiger partial charge >= 0.3 is 32.4 Å². The van der Waals surface area contributed by atoms with E-state index >= 15 is 0 Å². The molecule has 0 bridgehead atoms. The van der Waals surface area contributed by atoms with Crippen molar-refractivity contribution in [2.45, 2.75) is 39.3 Å². The zero-order valence-corrected chi connectivity index (χ0v) is 27.1. The highest BCUT2D eigenvalue weighted by molar-refractivity contribution is 7.87. The lowest BCUT2D eigenvalue weighted by Crippen LogP contribution is -2.52. The molecule has 1 aromatic rings. The van der Waals surface area contributed by atoms with Crippen molar-refractivity contribution in [2.75, 3.05) is 40.4 Å². The Morgan fingerprint density at radius 3 is 1.98 bits per heavy atom. The number of carbonyl (C=O) groups excluding carboxylic acids is 4. The van der Waals surface area contributed by atoms with Crippen molar-refractivity contribution in [3.8, 4) is 0 Å². The zero-order chi connectivity index (χ0) is 33.7. The number of benzene rings is 1. The van der Waals surface area contributed by atoms with E-state index < -0.39 is 56.3 Å². The van der Waals surface area contributed by atoms with Crippen LogP contribution in [0.15, 0.2) is 67.8 Å². The molecule has 0 radical (unpaired) electrons. The third-order valence-electron chi connectivity index (χ3n) is 6.25. The molecule has 0 N–H and O–H groups in total. The van der Waals surface area contributed by atoms with E-state index in [4.69, 9.17) is 4.74 Å². The molecule has 1 aliphatic heterocycles. The van der Waals surface area contributed by atoms with Gasteiger partial charge < -0.3 is 9.47 Å². The second-order valence-corrected chi connectivity index (χ2v) is 12.8. The van der Waals surface area contributed by atoms with Crippen LogP contribution in [0.4, 0.5) is 0 Å². The van der Waals surface area contributed by atoms with Gasteiger partial charge in [0.2, 0.25) is 11.8 Å². The van der Waals surface area contributed by atoms with Crippen molar-refractivity contribution >= 4 is 44.2 Å². The van der Waals surface area contributed by atoms with Gasteiger partial charge in [-0.25, -0.2) is 8.61 Å². The third kappa shape index (κ3) is 9.83. The molecule has 0 spiro atoms. The first-order chi connectivity index (χ1) is 20.6. The first-order valence-corrected chi connectivity index (χ1v) is 16.1. The van der Waals surface area contributed by atoms with Gasteiger partial charge in [0.15, 0.2) is 0 Å². The van der Waals surface area contributed by atoms with Crippen LogP contribution in [-0.4, -0.2) is 110 Å². The van der Waals surface area contributed by atoms with E-state index in [-0.39, 0.29) is 32.6 Å². The smallest absolute Gasteiger partial charge is 0.324 e. The summed E-state index contributed by atoms with van der Waals surface area (Å²) < 4.78 is 63.1. The Morgan fingerprint density at radius 1 is 0.955 bits per heavy atom. The molecular formula is C28H40N4O10S2. The van der Waals surface area contributed by atoms with Gasteiger partial charge in [-0.1, -0.05) is 54.6 Å². The van der Waals surface area contributed by atoms with Gasteiger partial charge in [-0.15, -0.1) is 13.2 Å². The highest BCUT2D eigenvalue weighted by Crippen LogP contribution is 2.20. The predicted octanol–water partition coefficient (Wildman–Crippen LogP) is 1.05. The number of carbonyl (C=O) groups is 4. The maximum Gasteiger partial charge on any atom is 0.324 e. The Balaban J connectivity index is 0.000000449. The standard InChI is InChI=1S/C16H20N2O5S.C12H20N2O5S/c1-13(19)17-10-6-7-11-18(24(17,21)22)15(16(20)23-2)12-14-8-4-3-5-9-14;1-6-8-13(10(3)12(16)19-5)20(17,18)14(9-7-2)11(4)15/h3-9,15H,10-12H2,1-2H3;6-7,10H,1-2,8-9H2,3-5H3. The number of methoxy groups -OCH3 is 2. The monoisotopic (exact) mass is 656 g/mol. The van der Waals surface area contributed by atoms with Crippen LogP contribution in [-0.2, 0) is 55.5 Å². The van der Waals surface area contributed by atoms with Gasteiger partial charge in [0.1, 0.15) is 12.1 Å². The van der Waals surface area contributed by atoms with E-state index in [0.717, 1.165) is 32.5 Å². The maximum atomic E-state index is 12.8. The van der Waals surface area contributed by atoms with E-state index in [2.05, 4.69) is 17.9 Å². The van der Waals surface area contributed by atoms with E-state index in [1.54, 1.807) is 24.3 Å². The van der Waals surface area contributed by atoms with Crippen LogP contribution >= 0.6 is 0 Å². The minimum Gasteiger partial charge on any atom is -0.468 e. The van der Waals surface area contributed by atoms with Crippen molar-refractivity contribution < 1.29 is 45.5 Å². The van der Waals surface area contributed by atoms with Crippen molar-refractivity contribution in [3.05, 3.63) is 73.4 Å². The summed E-state index contributed by atoms with van der Waals surface area (Å²) in [7, 11) is -5.92. The summed E-state index contributed by atoms with van der Waals surface area (Å²) in [4.78, 5) is 47.0. The molecule has 14 nitrogen and oxygen atoms in total. The lowest BCUT2D eigenvalue weighted by molar-refractivity contribution is -0.145. The molecule has 0 aromatic heterocycles. The average molecular weight is 657 g/mol. The molecule has 0 saturated carbocycles. The molecule has 1 heterocycles. The van der Waals surface area contributed by atoms with Gasteiger partial charge in [-0.3, -0.25) is 19.2 Å². The minimum absolute atomic E-state index is 0.00128.